The van der Waals surface area contributed by atoms with Crippen LogP contribution in [0.1, 0.15) is 45.2 Å². The maximum absolute atomic E-state index is 9.18. The standard InChI is InChI=1S/C17H22NO.2ClH.Ti/c1-12(9-10-19)16-14-8-6-5-7-13(14)11-15(16)18-17(2,3)4;;;/h5-8,18-19H,9-10H2,1-4H3;2*1H;/q-1;;;+3/p-2. The SMILES string of the molecule is CC(CCO)=C1C(NC(C)(C)C)=[C-]c2ccccc21.[Cl-].[Cl-].[Ti+3]. The summed E-state index contributed by atoms with van der Waals surface area (Å²) in [5.74, 6) is 0. The number of aliphatic hydroxyl groups excluding tert-OH is 1. The Morgan fingerprint density at radius 2 is 1.77 bits per heavy atom. The first-order valence-corrected chi connectivity index (χ1v) is 6.75. The third-order valence-corrected chi connectivity index (χ3v) is 3.12. The Balaban J connectivity index is 0. The third kappa shape index (κ3) is 5.75. The van der Waals surface area contributed by atoms with Crippen LogP contribution >= 0.6 is 0 Å². The maximum Gasteiger partial charge on any atom is 3.00 e. The molecule has 0 spiro atoms. The Morgan fingerprint density at radius 1 is 1.18 bits per heavy atom. The first-order chi connectivity index (χ1) is 8.92. The number of nitrogens with one attached hydrogen (secondary N) is 1. The molecule has 1 aromatic carbocycles. The van der Waals surface area contributed by atoms with E-state index in [1.165, 1.54) is 16.7 Å². The summed E-state index contributed by atoms with van der Waals surface area (Å²) in [6.07, 6.45) is 4.14. The molecule has 5 heteroatoms. The van der Waals surface area contributed by atoms with Gasteiger partial charge >= 0.3 is 21.7 Å². The molecule has 0 atom stereocenters. The van der Waals surface area contributed by atoms with Crippen LogP contribution in [0.4, 0.5) is 0 Å². The van der Waals surface area contributed by atoms with Gasteiger partial charge in [0.05, 0.1) is 0 Å². The van der Waals surface area contributed by atoms with Crippen molar-refractivity contribution in [2.45, 2.75) is 39.7 Å². The summed E-state index contributed by atoms with van der Waals surface area (Å²) < 4.78 is 0. The van der Waals surface area contributed by atoms with Gasteiger partial charge in [-0.1, -0.05) is 18.7 Å². The molecule has 0 aromatic heterocycles. The first kappa shape index (κ1) is 24.0. The predicted octanol–water partition coefficient (Wildman–Crippen LogP) is -2.72. The van der Waals surface area contributed by atoms with E-state index >= 15 is 0 Å². The van der Waals surface area contributed by atoms with E-state index in [0.717, 1.165) is 11.3 Å². The van der Waals surface area contributed by atoms with E-state index in [1.807, 2.05) is 12.1 Å². The molecule has 0 amide bonds. The minimum atomic E-state index is -0.00484. The Hall–Kier alpha value is -0.246. The molecule has 1 aliphatic carbocycles. The van der Waals surface area contributed by atoms with Gasteiger partial charge < -0.3 is 35.2 Å². The molecule has 0 fully saturated rings. The van der Waals surface area contributed by atoms with Crippen molar-refractivity contribution in [2.24, 2.45) is 0 Å². The molecule has 2 rings (SSSR count). The molecule has 1 aliphatic rings. The van der Waals surface area contributed by atoms with Crippen LogP contribution < -0.4 is 30.1 Å². The molecular weight excluding hydrogens is 353 g/mol. The van der Waals surface area contributed by atoms with E-state index in [2.05, 4.69) is 51.2 Å². The topological polar surface area (TPSA) is 32.3 Å². The summed E-state index contributed by atoms with van der Waals surface area (Å²) in [6, 6.07) is 8.28. The van der Waals surface area contributed by atoms with Gasteiger partial charge in [0, 0.05) is 12.1 Å². The molecular formula is C17H22Cl2NOTi. The monoisotopic (exact) mass is 374 g/mol. The van der Waals surface area contributed by atoms with Crippen LogP contribution in [0.15, 0.2) is 35.5 Å². The second-order valence-corrected chi connectivity index (χ2v) is 6.05. The van der Waals surface area contributed by atoms with Crippen LogP contribution in [0, 0.1) is 6.08 Å². The Labute approximate surface area is 161 Å². The summed E-state index contributed by atoms with van der Waals surface area (Å²) in [5.41, 5.74) is 5.77. The molecule has 0 saturated carbocycles. The molecule has 1 radical (unpaired) electrons. The van der Waals surface area contributed by atoms with E-state index in [1.54, 1.807) is 0 Å². The van der Waals surface area contributed by atoms with Crippen molar-refractivity contribution in [3.8, 4) is 0 Å². The number of allylic oxidation sites excluding steroid dienone is 1. The van der Waals surface area contributed by atoms with Crippen molar-refractivity contribution in [1.82, 2.24) is 5.32 Å². The smallest absolute Gasteiger partial charge is 1.00 e. The zero-order valence-corrected chi connectivity index (χ0v) is 16.5. The Morgan fingerprint density at radius 3 is 2.32 bits per heavy atom. The van der Waals surface area contributed by atoms with Gasteiger partial charge in [-0.15, -0.1) is 46.5 Å². The Kier molecular flexibility index (Phi) is 10.7. The summed E-state index contributed by atoms with van der Waals surface area (Å²) >= 11 is 0. The van der Waals surface area contributed by atoms with Crippen molar-refractivity contribution >= 4 is 5.57 Å². The van der Waals surface area contributed by atoms with Crippen LogP contribution in [-0.2, 0) is 21.7 Å². The number of rotatable bonds is 3. The first-order valence-electron chi connectivity index (χ1n) is 6.75. The second kappa shape index (κ2) is 9.80. The van der Waals surface area contributed by atoms with Gasteiger partial charge in [-0.2, -0.15) is 0 Å². The van der Waals surface area contributed by atoms with Crippen molar-refractivity contribution in [1.29, 1.82) is 0 Å². The average Bonchev–Trinajstić information content (AvgIpc) is 2.64. The number of halogens is 2. The van der Waals surface area contributed by atoms with Gasteiger partial charge in [0.25, 0.3) is 0 Å². The predicted molar refractivity (Wildman–Crippen MR) is 79.5 cm³/mol. The van der Waals surface area contributed by atoms with Crippen molar-refractivity contribution in [3.63, 3.8) is 0 Å². The molecule has 119 valence electrons. The van der Waals surface area contributed by atoms with E-state index in [9.17, 15) is 5.11 Å². The Bertz CT molecular complexity index is 548. The average molecular weight is 375 g/mol. The number of benzene rings is 1. The largest absolute Gasteiger partial charge is 3.00 e. The van der Waals surface area contributed by atoms with Crippen LogP contribution in [0.3, 0.4) is 0 Å². The van der Waals surface area contributed by atoms with Gasteiger partial charge in [0.1, 0.15) is 0 Å². The molecule has 0 heterocycles. The number of hydrogen-bond donors (Lipinski definition) is 2. The van der Waals surface area contributed by atoms with Crippen LogP contribution in [0.2, 0.25) is 0 Å². The maximum atomic E-state index is 9.18. The number of hydrogen-bond acceptors (Lipinski definition) is 2. The van der Waals surface area contributed by atoms with Gasteiger partial charge in [-0.3, -0.25) is 0 Å². The van der Waals surface area contributed by atoms with E-state index in [0.29, 0.717) is 6.42 Å². The third-order valence-electron chi connectivity index (χ3n) is 3.12. The summed E-state index contributed by atoms with van der Waals surface area (Å²) in [5, 5.41) is 12.7. The van der Waals surface area contributed by atoms with Crippen molar-refractivity contribution < 1.29 is 51.6 Å². The molecule has 0 aliphatic heterocycles. The van der Waals surface area contributed by atoms with Gasteiger partial charge in [0.2, 0.25) is 0 Å². The van der Waals surface area contributed by atoms with Crippen LogP contribution in [0.25, 0.3) is 5.57 Å². The normalized spacial score (nSPS) is 14.7. The number of aliphatic hydroxyl groups is 1. The minimum Gasteiger partial charge on any atom is -1.00 e. The van der Waals surface area contributed by atoms with Crippen LogP contribution in [-0.4, -0.2) is 17.3 Å². The fourth-order valence-corrected chi connectivity index (χ4v) is 2.35. The minimum absolute atomic E-state index is 0. The number of fused-ring (bicyclic) bond motifs is 1. The molecule has 1 aromatic rings. The van der Waals surface area contributed by atoms with Crippen molar-refractivity contribution in [3.05, 3.63) is 52.7 Å². The van der Waals surface area contributed by atoms with Gasteiger partial charge in [-0.05, 0) is 27.2 Å². The van der Waals surface area contributed by atoms with Crippen molar-refractivity contribution in [2.75, 3.05) is 6.61 Å². The summed E-state index contributed by atoms with van der Waals surface area (Å²) in [6.45, 7) is 8.69. The second-order valence-electron chi connectivity index (χ2n) is 6.05. The molecule has 0 bridgehead atoms. The van der Waals surface area contributed by atoms with Gasteiger partial charge in [0.15, 0.2) is 0 Å². The van der Waals surface area contributed by atoms with Crippen LogP contribution in [0.5, 0.6) is 0 Å². The van der Waals surface area contributed by atoms with E-state index in [-0.39, 0.29) is 58.7 Å². The summed E-state index contributed by atoms with van der Waals surface area (Å²) in [7, 11) is 0. The quantitative estimate of drug-likeness (QED) is 0.445. The molecule has 22 heavy (non-hydrogen) atoms. The fraction of sp³-hybridized carbons (Fsp3) is 0.412. The van der Waals surface area contributed by atoms with E-state index in [4.69, 9.17) is 0 Å². The van der Waals surface area contributed by atoms with Gasteiger partial charge in [-0.25, -0.2) is 0 Å². The summed E-state index contributed by atoms with van der Waals surface area (Å²) in [4.78, 5) is 0. The molecule has 2 nitrogen and oxygen atoms in total. The fourth-order valence-electron chi connectivity index (χ4n) is 2.35. The molecule has 0 unspecified atom stereocenters. The zero-order valence-electron chi connectivity index (χ0n) is 13.4. The van der Waals surface area contributed by atoms with E-state index < -0.39 is 0 Å². The molecule has 2 N–H and O–H groups in total. The zero-order chi connectivity index (χ0) is 14.0. The molecule has 0 saturated heterocycles.